The highest BCUT2D eigenvalue weighted by molar-refractivity contribution is 4.47. The molecule has 33 heavy (non-hydrogen) atoms. The lowest BCUT2D eigenvalue weighted by atomic mass is 10.1. The van der Waals surface area contributed by atoms with Gasteiger partial charge in [0.25, 0.3) is 0 Å². The first-order valence-corrected chi connectivity index (χ1v) is 13.0. The molecule has 0 heterocycles. The van der Waals surface area contributed by atoms with Gasteiger partial charge < -0.3 is 38.3 Å². The van der Waals surface area contributed by atoms with Crippen molar-refractivity contribution >= 4 is 0 Å². The molecule has 0 aliphatic carbocycles. The Kier molecular flexibility index (Phi) is 29.4. The van der Waals surface area contributed by atoms with E-state index in [1.165, 1.54) is 64.9 Å². The molecule has 0 fully saturated rings. The van der Waals surface area contributed by atoms with Gasteiger partial charge in [0.05, 0.1) is 72.7 Å². The molecule has 0 aromatic heterocycles. The molecule has 0 amide bonds. The topological polar surface area (TPSA) is 84.8 Å². The van der Waals surface area contributed by atoms with Gasteiger partial charge >= 0.3 is 0 Å². The van der Waals surface area contributed by atoms with Crippen molar-refractivity contribution < 1.29 is 38.3 Å². The Balaban J connectivity index is 3.03. The fraction of sp³-hybridized carbons (Fsp3) is 1.00. The van der Waals surface area contributed by atoms with E-state index >= 15 is 0 Å². The van der Waals surface area contributed by atoms with Crippen molar-refractivity contribution in [1.29, 1.82) is 0 Å². The minimum atomic E-state index is -0.905. The SMILES string of the molecule is CCCCCCCCCCCCOCCOCCOCCOCCOCCOC(O)COC. The zero-order valence-electron chi connectivity index (χ0n) is 21.4. The Labute approximate surface area is 202 Å². The van der Waals surface area contributed by atoms with Crippen LogP contribution in [0.1, 0.15) is 71.1 Å². The van der Waals surface area contributed by atoms with Crippen LogP contribution in [0.2, 0.25) is 0 Å². The first-order chi connectivity index (χ1) is 16.3. The number of ether oxygens (including phenoxy) is 7. The minimum Gasteiger partial charge on any atom is -0.379 e. The Bertz CT molecular complexity index is 346. The number of unbranched alkanes of at least 4 members (excludes halogenated alkanes) is 9. The third-order valence-corrected chi connectivity index (χ3v) is 4.98. The number of aliphatic hydroxyl groups excluding tert-OH is 1. The standard InChI is InChI=1S/C25H52O8/c1-3-4-5-6-7-8-9-10-11-12-13-28-14-15-29-16-17-30-18-19-31-20-21-32-22-23-33-25(26)24-27-2/h25-26H,3-24H2,1-2H3. The van der Waals surface area contributed by atoms with Crippen molar-refractivity contribution in [2.24, 2.45) is 0 Å². The third kappa shape index (κ3) is 29.6. The number of rotatable bonds is 29. The smallest absolute Gasteiger partial charge is 0.178 e. The largest absolute Gasteiger partial charge is 0.379 e. The summed E-state index contributed by atoms with van der Waals surface area (Å²) in [4.78, 5) is 0. The van der Waals surface area contributed by atoms with E-state index in [9.17, 15) is 5.11 Å². The van der Waals surface area contributed by atoms with Gasteiger partial charge in [-0.2, -0.15) is 0 Å². The third-order valence-electron chi connectivity index (χ3n) is 4.98. The molecule has 0 aromatic rings. The molecule has 8 heteroatoms. The second-order valence-electron chi connectivity index (χ2n) is 8.02. The summed E-state index contributed by atoms with van der Waals surface area (Å²) >= 11 is 0. The number of methoxy groups -OCH3 is 1. The van der Waals surface area contributed by atoms with Gasteiger partial charge in [0.1, 0.15) is 0 Å². The van der Waals surface area contributed by atoms with Gasteiger partial charge in [-0.15, -0.1) is 0 Å². The van der Waals surface area contributed by atoms with E-state index in [1.807, 2.05) is 0 Å². The first-order valence-electron chi connectivity index (χ1n) is 13.0. The molecular weight excluding hydrogens is 428 g/mol. The van der Waals surface area contributed by atoms with E-state index in [0.717, 1.165) is 13.0 Å². The average molecular weight is 481 g/mol. The molecule has 200 valence electrons. The highest BCUT2D eigenvalue weighted by Crippen LogP contribution is 2.10. The molecule has 0 rings (SSSR count). The maximum Gasteiger partial charge on any atom is 0.178 e. The molecule has 0 saturated heterocycles. The van der Waals surface area contributed by atoms with Gasteiger partial charge in [-0.1, -0.05) is 64.7 Å². The maximum absolute atomic E-state index is 9.28. The molecule has 1 unspecified atom stereocenters. The van der Waals surface area contributed by atoms with E-state index in [-0.39, 0.29) is 6.61 Å². The van der Waals surface area contributed by atoms with Crippen LogP contribution in [-0.2, 0) is 33.2 Å². The van der Waals surface area contributed by atoms with Crippen molar-refractivity contribution in [2.75, 3.05) is 86.4 Å². The van der Waals surface area contributed by atoms with Crippen LogP contribution in [0.3, 0.4) is 0 Å². The molecule has 0 spiro atoms. The lowest BCUT2D eigenvalue weighted by Crippen LogP contribution is -2.21. The van der Waals surface area contributed by atoms with Gasteiger partial charge in [-0.3, -0.25) is 0 Å². The maximum atomic E-state index is 9.28. The number of hydrogen-bond donors (Lipinski definition) is 1. The number of hydrogen-bond acceptors (Lipinski definition) is 8. The van der Waals surface area contributed by atoms with E-state index in [0.29, 0.717) is 66.1 Å². The summed E-state index contributed by atoms with van der Waals surface area (Å²) in [6.07, 6.45) is 12.5. The quantitative estimate of drug-likeness (QED) is 0.127. The molecule has 0 aliphatic rings. The Morgan fingerprint density at radius 3 is 1.27 bits per heavy atom. The van der Waals surface area contributed by atoms with E-state index in [2.05, 4.69) is 6.92 Å². The van der Waals surface area contributed by atoms with Crippen LogP contribution in [0.5, 0.6) is 0 Å². The summed E-state index contributed by atoms with van der Waals surface area (Å²) in [6, 6.07) is 0. The zero-order valence-corrected chi connectivity index (χ0v) is 21.4. The van der Waals surface area contributed by atoms with Crippen molar-refractivity contribution in [3.05, 3.63) is 0 Å². The van der Waals surface area contributed by atoms with Gasteiger partial charge in [-0.25, -0.2) is 0 Å². The minimum absolute atomic E-state index is 0.154. The molecular formula is C25H52O8. The fourth-order valence-corrected chi connectivity index (χ4v) is 3.11. The summed E-state index contributed by atoms with van der Waals surface area (Å²) in [5.74, 6) is 0. The van der Waals surface area contributed by atoms with Crippen molar-refractivity contribution in [2.45, 2.75) is 77.4 Å². The van der Waals surface area contributed by atoms with Crippen molar-refractivity contribution in [1.82, 2.24) is 0 Å². The van der Waals surface area contributed by atoms with Gasteiger partial charge in [0.15, 0.2) is 6.29 Å². The lowest BCUT2D eigenvalue weighted by molar-refractivity contribution is -0.141. The summed E-state index contributed by atoms with van der Waals surface area (Å²) in [5.41, 5.74) is 0. The zero-order chi connectivity index (χ0) is 24.1. The predicted molar refractivity (Wildman–Crippen MR) is 130 cm³/mol. The second kappa shape index (κ2) is 29.7. The summed E-state index contributed by atoms with van der Waals surface area (Å²) < 4.78 is 37.1. The van der Waals surface area contributed by atoms with Crippen LogP contribution in [0.15, 0.2) is 0 Å². The van der Waals surface area contributed by atoms with Crippen LogP contribution < -0.4 is 0 Å². The van der Waals surface area contributed by atoms with E-state index < -0.39 is 6.29 Å². The van der Waals surface area contributed by atoms with Crippen LogP contribution in [0, 0.1) is 0 Å². The second-order valence-corrected chi connectivity index (χ2v) is 8.02. The van der Waals surface area contributed by atoms with Crippen LogP contribution in [0.4, 0.5) is 0 Å². The lowest BCUT2D eigenvalue weighted by Gasteiger charge is -2.11. The highest BCUT2D eigenvalue weighted by atomic mass is 16.6. The predicted octanol–water partition coefficient (Wildman–Crippen LogP) is 3.97. The van der Waals surface area contributed by atoms with Crippen molar-refractivity contribution in [3.63, 3.8) is 0 Å². The monoisotopic (exact) mass is 480 g/mol. The molecule has 0 saturated carbocycles. The molecule has 8 nitrogen and oxygen atoms in total. The molecule has 0 bridgehead atoms. The molecule has 0 radical (unpaired) electrons. The first kappa shape index (κ1) is 32.7. The van der Waals surface area contributed by atoms with Gasteiger partial charge in [-0.05, 0) is 6.42 Å². The Morgan fingerprint density at radius 2 is 0.848 bits per heavy atom. The highest BCUT2D eigenvalue weighted by Gasteiger charge is 2.01. The van der Waals surface area contributed by atoms with Crippen LogP contribution >= 0.6 is 0 Å². The molecule has 1 N–H and O–H groups in total. The summed E-state index contributed by atoms with van der Waals surface area (Å²) in [5, 5.41) is 9.28. The van der Waals surface area contributed by atoms with Crippen molar-refractivity contribution in [3.8, 4) is 0 Å². The Hall–Kier alpha value is -0.320. The molecule has 0 aromatic carbocycles. The fourth-order valence-electron chi connectivity index (χ4n) is 3.11. The summed E-state index contributed by atoms with van der Waals surface area (Å²) in [7, 11) is 1.51. The normalized spacial score (nSPS) is 12.5. The Morgan fingerprint density at radius 1 is 0.485 bits per heavy atom. The van der Waals surface area contributed by atoms with Gasteiger partial charge in [0.2, 0.25) is 0 Å². The number of aliphatic hydroxyl groups is 1. The average Bonchev–Trinajstić information content (AvgIpc) is 2.81. The molecule has 1 atom stereocenters. The van der Waals surface area contributed by atoms with E-state index in [1.54, 1.807) is 0 Å². The summed E-state index contributed by atoms with van der Waals surface area (Å²) in [6.45, 7) is 8.39. The van der Waals surface area contributed by atoms with Crippen LogP contribution in [0.25, 0.3) is 0 Å². The van der Waals surface area contributed by atoms with Gasteiger partial charge in [0, 0.05) is 13.7 Å². The molecule has 0 aliphatic heterocycles. The van der Waals surface area contributed by atoms with E-state index in [4.69, 9.17) is 33.2 Å². The van der Waals surface area contributed by atoms with Crippen LogP contribution in [-0.4, -0.2) is 97.8 Å².